The molecule has 1 saturated carbocycles. The van der Waals surface area contributed by atoms with Gasteiger partial charge in [-0.25, -0.2) is 0 Å². The van der Waals surface area contributed by atoms with Crippen molar-refractivity contribution in [2.45, 2.75) is 44.6 Å². The fraction of sp³-hybridized carbons (Fsp3) is 0.750. The van der Waals surface area contributed by atoms with Gasteiger partial charge in [0, 0.05) is 29.4 Å². The smallest absolute Gasteiger partial charge is 0.0118 e. The molecule has 1 aliphatic heterocycles. The maximum Gasteiger partial charge on any atom is 0.0118 e. The molecule has 3 rings (SSSR count). The zero-order chi connectivity index (χ0) is 13.3. The van der Waals surface area contributed by atoms with Gasteiger partial charge in [0.05, 0.1) is 0 Å². The maximum atomic E-state index is 3.68. The van der Waals surface area contributed by atoms with Crippen molar-refractivity contribution < 1.29 is 0 Å². The summed E-state index contributed by atoms with van der Waals surface area (Å²) in [7, 11) is 0. The Morgan fingerprint density at radius 2 is 2.21 bits per heavy atom. The van der Waals surface area contributed by atoms with Gasteiger partial charge in [-0.05, 0) is 49.7 Å². The monoisotopic (exact) mass is 278 g/mol. The van der Waals surface area contributed by atoms with Gasteiger partial charge >= 0.3 is 0 Å². The normalized spacial score (nSPS) is 25.1. The third-order valence-corrected chi connectivity index (χ3v) is 5.69. The summed E-state index contributed by atoms with van der Waals surface area (Å²) in [5.74, 6) is 0.875. The van der Waals surface area contributed by atoms with Crippen LogP contribution in [0.2, 0.25) is 0 Å². The Kier molecular flexibility index (Phi) is 3.97. The molecule has 19 heavy (non-hydrogen) atoms. The molecule has 1 N–H and O–H groups in total. The Morgan fingerprint density at radius 3 is 2.89 bits per heavy atom. The van der Waals surface area contributed by atoms with Gasteiger partial charge in [-0.2, -0.15) is 0 Å². The zero-order valence-corrected chi connectivity index (χ0v) is 13.0. The number of rotatable bonds is 6. The summed E-state index contributed by atoms with van der Waals surface area (Å²) in [6.45, 7) is 9.78. The Morgan fingerprint density at radius 1 is 1.37 bits per heavy atom. The highest BCUT2D eigenvalue weighted by molar-refractivity contribution is 7.10. The molecule has 2 aliphatic rings. The number of likely N-dealkylation sites (tertiary alicyclic amines) is 1. The highest BCUT2D eigenvalue weighted by Gasteiger charge is 2.30. The predicted molar refractivity (Wildman–Crippen MR) is 82.9 cm³/mol. The molecule has 106 valence electrons. The third-order valence-electron chi connectivity index (χ3n) is 4.45. The summed E-state index contributed by atoms with van der Waals surface area (Å²) < 4.78 is 0. The minimum Gasteiger partial charge on any atom is -0.314 e. The van der Waals surface area contributed by atoms with Gasteiger partial charge in [0.15, 0.2) is 0 Å². The maximum absolute atomic E-state index is 3.68. The van der Waals surface area contributed by atoms with Crippen LogP contribution in [-0.4, -0.2) is 37.1 Å². The first-order valence-electron chi connectivity index (χ1n) is 7.63. The van der Waals surface area contributed by atoms with Crippen LogP contribution in [0.25, 0.3) is 0 Å². The standard InChI is InChI=1S/C16H26N2S/c1-16(2,15-4-3-9-19-15)12-18-8-7-13(11-18)10-17-14-5-6-14/h3-4,9,13-14,17H,5-8,10-12H2,1-2H3. The van der Waals surface area contributed by atoms with E-state index in [-0.39, 0.29) is 0 Å². The van der Waals surface area contributed by atoms with Crippen LogP contribution in [0, 0.1) is 5.92 Å². The number of hydrogen-bond acceptors (Lipinski definition) is 3. The average Bonchev–Trinajstić information content (AvgIpc) is 2.87. The quantitative estimate of drug-likeness (QED) is 0.860. The molecule has 1 aromatic heterocycles. The molecule has 1 aromatic rings. The lowest BCUT2D eigenvalue weighted by molar-refractivity contribution is 0.261. The van der Waals surface area contributed by atoms with Crippen molar-refractivity contribution in [3.8, 4) is 0 Å². The minimum absolute atomic E-state index is 0.299. The summed E-state index contributed by atoms with van der Waals surface area (Å²) in [4.78, 5) is 4.19. The first-order chi connectivity index (χ1) is 9.13. The molecule has 0 amide bonds. The van der Waals surface area contributed by atoms with Crippen LogP contribution in [0.5, 0.6) is 0 Å². The average molecular weight is 278 g/mol. The van der Waals surface area contributed by atoms with Crippen LogP contribution in [0.1, 0.15) is 38.0 Å². The molecular weight excluding hydrogens is 252 g/mol. The predicted octanol–water partition coefficient (Wildman–Crippen LogP) is 3.10. The second kappa shape index (κ2) is 5.55. The van der Waals surface area contributed by atoms with Gasteiger partial charge in [-0.1, -0.05) is 19.9 Å². The number of nitrogens with one attached hydrogen (secondary N) is 1. The lowest BCUT2D eigenvalue weighted by Gasteiger charge is -2.29. The molecule has 1 unspecified atom stereocenters. The van der Waals surface area contributed by atoms with E-state index in [4.69, 9.17) is 0 Å². The van der Waals surface area contributed by atoms with Crippen LogP contribution in [0.15, 0.2) is 17.5 Å². The third kappa shape index (κ3) is 3.59. The minimum atomic E-state index is 0.299. The molecule has 0 bridgehead atoms. The Hall–Kier alpha value is -0.380. The molecule has 2 nitrogen and oxygen atoms in total. The van der Waals surface area contributed by atoms with Gasteiger partial charge in [-0.3, -0.25) is 0 Å². The number of nitrogens with zero attached hydrogens (tertiary/aromatic N) is 1. The van der Waals surface area contributed by atoms with Crippen LogP contribution in [-0.2, 0) is 5.41 Å². The van der Waals surface area contributed by atoms with Crippen molar-refractivity contribution in [1.82, 2.24) is 10.2 Å². The van der Waals surface area contributed by atoms with E-state index in [1.54, 1.807) is 0 Å². The summed E-state index contributed by atoms with van der Waals surface area (Å²) >= 11 is 1.90. The van der Waals surface area contributed by atoms with Crippen molar-refractivity contribution in [3.63, 3.8) is 0 Å². The molecular formula is C16H26N2S. The summed E-state index contributed by atoms with van der Waals surface area (Å²) in [5.41, 5.74) is 0.299. The first-order valence-corrected chi connectivity index (χ1v) is 8.51. The molecule has 2 fully saturated rings. The molecule has 2 heterocycles. The van der Waals surface area contributed by atoms with E-state index in [9.17, 15) is 0 Å². The van der Waals surface area contributed by atoms with Crippen molar-refractivity contribution in [1.29, 1.82) is 0 Å². The van der Waals surface area contributed by atoms with E-state index >= 15 is 0 Å². The first kappa shape index (κ1) is 13.6. The van der Waals surface area contributed by atoms with Crippen LogP contribution in [0.3, 0.4) is 0 Å². The molecule has 3 heteroatoms. The van der Waals surface area contributed by atoms with Gasteiger partial charge in [0.25, 0.3) is 0 Å². The largest absolute Gasteiger partial charge is 0.314 e. The lowest BCUT2D eigenvalue weighted by atomic mass is 9.91. The van der Waals surface area contributed by atoms with Gasteiger partial charge < -0.3 is 10.2 Å². The van der Waals surface area contributed by atoms with Crippen molar-refractivity contribution in [2.24, 2.45) is 5.92 Å². The van der Waals surface area contributed by atoms with Gasteiger partial charge in [0.1, 0.15) is 0 Å². The Bertz CT molecular complexity index is 395. The van der Waals surface area contributed by atoms with Crippen molar-refractivity contribution >= 4 is 11.3 Å². The SMILES string of the molecule is CC(C)(CN1CCC(CNC2CC2)C1)c1cccs1. The molecule has 0 spiro atoms. The fourth-order valence-electron chi connectivity index (χ4n) is 3.14. The Labute approximate surface area is 121 Å². The highest BCUT2D eigenvalue weighted by Crippen LogP contribution is 2.30. The van der Waals surface area contributed by atoms with Crippen LogP contribution in [0.4, 0.5) is 0 Å². The van der Waals surface area contributed by atoms with E-state index in [2.05, 4.69) is 41.6 Å². The van der Waals surface area contributed by atoms with Crippen LogP contribution >= 0.6 is 11.3 Å². The van der Waals surface area contributed by atoms with Gasteiger partial charge in [-0.15, -0.1) is 11.3 Å². The van der Waals surface area contributed by atoms with E-state index in [1.807, 2.05) is 11.3 Å². The van der Waals surface area contributed by atoms with E-state index in [0.717, 1.165) is 12.0 Å². The van der Waals surface area contributed by atoms with Crippen molar-refractivity contribution in [2.75, 3.05) is 26.2 Å². The lowest BCUT2D eigenvalue weighted by Crippen LogP contribution is -2.36. The summed E-state index contributed by atoms with van der Waals surface area (Å²) in [5, 5.41) is 5.88. The van der Waals surface area contributed by atoms with Crippen molar-refractivity contribution in [3.05, 3.63) is 22.4 Å². The molecule has 1 saturated heterocycles. The molecule has 1 atom stereocenters. The molecule has 0 aromatic carbocycles. The van der Waals surface area contributed by atoms with E-state index in [0.29, 0.717) is 5.41 Å². The van der Waals surface area contributed by atoms with E-state index < -0.39 is 0 Å². The number of hydrogen-bond donors (Lipinski definition) is 1. The highest BCUT2D eigenvalue weighted by atomic mass is 32.1. The summed E-state index contributed by atoms with van der Waals surface area (Å²) in [6, 6.07) is 5.32. The second-order valence-electron chi connectivity index (χ2n) is 6.93. The number of thiophene rings is 1. The topological polar surface area (TPSA) is 15.3 Å². The fourth-order valence-corrected chi connectivity index (χ4v) is 3.99. The Balaban J connectivity index is 1.47. The summed E-state index contributed by atoms with van der Waals surface area (Å²) in [6.07, 6.45) is 4.18. The zero-order valence-electron chi connectivity index (χ0n) is 12.2. The van der Waals surface area contributed by atoms with E-state index in [1.165, 1.54) is 50.3 Å². The molecule has 0 radical (unpaired) electrons. The van der Waals surface area contributed by atoms with Crippen LogP contribution < -0.4 is 5.32 Å². The molecule has 1 aliphatic carbocycles. The second-order valence-corrected chi connectivity index (χ2v) is 7.88. The van der Waals surface area contributed by atoms with Gasteiger partial charge in [0.2, 0.25) is 0 Å².